The van der Waals surface area contributed by atoms with Crippen molar-refractivity contribution < 1.29 is 14.0 Å². The molecule has 2 N–H and O–H groups in total. The van der Waals surface area contributed by atoms with Gasteiger partial charge in [-0.15, -0.1) is 0 Å². The third kappa shape index (κ3) is 2.54. The summed E-state index contributed by atoms with van der Waals surface area (Å²) in [4.78, 5) is 28.1. The molecule has 2 amide bonds. The van der Waals surface area contributed by atoms with Crippen LogP contribution in [0.3, 0.4) is 0 Å². The molecule has 2 aromatic rings. The van der Waals surface area contributed by atoms with E-state index in [-0.39, 0.29) is 18.0 Å². The maximum atomic E-state index is 13.5. The van der Waals surface area contributed by atoms with Crippen LogP contribution in [0.25, 0.3) is 0 Å². The van der Waals surface area contributed by atoms with Crippen LogP contribution < -0.4 is 10.6 Å². The molecule has 22 heavy (non-hydrogen) atoms. The molecular weight excluding hydrogens is 289 g/mol. The van der Waals surface area contributed by atoms with Crippen LogP contribution in [0.1, 0.15) is 25.2 Å². The smallest absolute Gasteiger partial charge is 0.252 e. The van der Waals surface area contributed by atoms with Crippen LogP contribution in [0.15, 0.2) is 24.3 Å². The van der Waals surface area contributed by atoms with Crippen molar-refractivity contribution in [2.45, 2.75) is 25.8 Å². The number of hydrogen-bond acceptors (Lipinski definition) is 4. The number of rotatable bonds is 4. The quantitative estimate of drug-likeness (QED) is 0.896. The number of halogens is 1. The first-order valence-electron chi connectivity index (χ1n) is 6.89. The zero-order valence-electron chi connectivity index (χ0n) is 11.8. The molecule has 114 valence electrons. The second-order valence-electron chi connectivity index (χ2n) is 4.89. The first-order chi connectivity index (χ1) is 10.6. The average Bonchev–Trinajstić information content (AvgIpc) is 3.00. The van der Waals surface area contributed by atoms with Crippen molar-refractivity contribution in [2.75, 3.05) is 10.6 Å². The Hall–Kier alpha value is -2.77. The number of nitrogens with zero attached hydrogens (tertiary/aromatic N) is 3. The average molecular weight is 303 g/mol. The summed E-state index contributed by atoms with van der Waals surface area (Å²) in [5.74, 6) is -0.408. The third-order valence-electron chi connectivity index (χ3n) is 3.35. The van der Waals surface area contributed by atoms with Crippen molar-refractivity contribution in [3.63, 3.8) is 0 Å². The summed E-state index contributed by atoms with van der Waals surface area (Å²) in [5.41, 5.74) is 0.0824. The van der Waals surface area contributed by atoms with E-state index < -0.39 is 17.8 Å². The summed E-state index contributed by atoms with van der Waals surface area (Å²) < 4.78 is 14.9. The van der Waals surface area contributed by atoms with Gasteiger partial charge in [-0.25, -0.2) is 9.07 Å². The number of anilines is 2. The van der Waals surface area contributed by atoms with Gasteiger partial charge in [-0.05, 0) is 12.1 Å². The minimum absolute atomic E-state index is 0.0824. The van der Waals surface area contributed by atoms with Crippen LogP contribution >= 0.6 is 0 Å². The zero-order valence-corrected chi connectivity index (χ0v) is 11.8. The molecular formula is C14H14FN5O2. The summed E-state index contributed by atoms with van der Waals surface area (Å²) >= 11 is 0. The molecule has 0 aliphatic carbocycles. The van der Waals surface area contributed by atoms with Gasteiger partial charge in [0.1, 0.15) is 11.9 Å². The van der Waals surface area contributed by atoms with Gasteiger partial charge < -0.3 is 5.32 Å². The lowest BCUT2D eigenvalue weighted by Gasteiger charge is -2.10. The fourth-order valence-corrected chi connectivity index (χ4v) is 2.24. The monoisotopic (exact) mass is 303 g/mol. The van der Waals surface area contributed by atoms with Crippen LogP contribution in [0.4, 0.5) is 16.0 Å². The van der Waals surface area contributed by atoms with Crippen molar-refractivity contribution in [3.05, 3.63) is 35.9 Å². The summed E-state index contributed by atoms with van der Waals surface area (Å²) in [6.07, 6.45) is 0.490. The van der Waals surface area contributed by atoms with E-state index in [9.17, 15) is 14.0 Å². The Morgan fingerprint density at radius 2 is 2.23 bits per heavy atom. The molecule has 8 heteroatoms. The lowest BCUT2D eigenvalue weighted by molar-refractivity contribution is -0.123. The normalized spacial score (nSPS) is 16.3. The van der Waals surface area contributed by atoms with Crippen LogP contribution in [0, 0.1) is 5.82 Å². The molecule has 0 spiro atoms. The van der Waals surface area contributed by atoms with E-state index in [1.165, 1.54) is 22.9 Å². The summed E-state index contributed by atoms with van der Waals surface area (Å²) in [5, 5.41) is 9.22. The SMILES string of the molecule is CCc1nc2n(n1)[C@H](CC(=O)Nc1ccccc1F)C(=O)N2. The molecule has 1 aliphatic heterocycles. The minimum atomic E-state index is -0.769. The van der Waals surface area contributed by atoms with Crippen LogP contribution in [-0.4, -0.2) is 26.6 Å². The maximum Gasteiger partial charge on any atom is 0.252 e. The van der Waals surface area contributed by atoms with Crippen LogP contribution in [0.5, 0.6) is 0 Å². The first-order valence-corrected chi connectivity index (χ1v) is 6.89. The summed E-state index contributed by atoms with van der Waals surface area (Å²) in [6, 6.07) is 5.08. The van der Waals surface area contributed by atoms with E-state index >= 15 is 0 Å². The highest BCUT2D eigenvalue weighted by atomic mass is 19.1. The summed E-state index contributed by atoms with van der Waals surface area (Å²) in [7, 11) is 0. The van der Waals surface area contributed by atoms with E-state index in [0.29, 0.717) is 18.2 Å². The Morgan fingerprint density at radius 3 is 2.95 bits per heavy atom. The van der Waals surface area contributed by atoms with Crippen molar-refractivity contribution >= 4 is 23.5 Å². The van der Waals surface area contributed by atoms with E-state index in [2.05, 4.69) is 20.7 Å². The third-order valence-corrected chi connectivity index (χ3v) is 3.35. The molecule has 2 heterocycles. The Labute approximate surface area is 125 Å². The highest BCUT2D eigenvalue weighted by Gasteiger charge is 2.34. The molecule has 3 rings (SSSR count). The molecule has 1 aromatic carbocycles. The number of fused-ring (bicyclic) bond motifs is 1. The van der Waals surface area contributed by atoms with Gasteiger partial charge in [-0.1, -0.05) is 19.1 Å². The number of hydrogen-bond donors (Lipinski definition) is 2. The van der Waals surface area contributed by atoms with Crippen LogP contribution in [-0.2, 0) is 16.0 Å². The number of para-hydroxylation sites is 1. The summed E-state index contributed by atoms with van der Waals surface area (Å²) in [6.45, 7) is 1.90. The molecule has 1 aromatic heterocycles. The predicted molar refractivity (Wildman–Crippen MR) is 76.7 cm³/mol. The van der Waals surface area contributed by atoms with Gasteiger partial charge in [-0.3, -0.25) is 14.9 Å². The molecule has 1 aliphatic rings. The van der Waals surface area contributed by atoms with E-state index in [0.717, 1.165) is 0 Å². The Morgan fingerprint density at radius 1 is 1.45 bits per heavy atom. The second kappa shape index (κ2) is 5.55. The number of carbonyl (C=O) groups is 2. The lowest BCUT2D eigenvalue weighted by Crippen LogP contribution is -2.24. The maximum absolute atomic E-state index is 13.5. The highest BCUT2D eigenvalue weighted by Crippen LogP contribution is 2.25. The molecule has 0 saturated carbocycles. The van der Waals surface area contributed by atoms with Gasteiger partial charge in [0.2, 0.25) is 11.9 Å². The van der Waals surface area contributed by atoms with Crippen LogP contribution in [0.2, 0.25) is 0 Å². The minimum Gasteiger partial charge on any atom is -0.324 e. The Balaban J connectivity index is 1.73. The number of nitrogens with one attached hydrogen (secondary N) is 2. The van der Waals surface area contributed by atoms with Crippen molar-refractivity contribution in [3.8, 4) is 0 Å². The first kappa shape index (κ1) is 14.2. The molecule has 1 atom stereocenters. The molecule has 7 nitrogen and oxygen atoms in total. The molecule has 0 radical (unpaired) electrons. The number of amides is 2. The molecule has 0 saturated heterocycles. The van der Waals surface area contributed by atoms with Crippen molar-refractivity contribution in [2.24, 2.45) is 0 Å². The van der Waals surface area contributed by atoms with Gasteiger partial charge in [-0.2, -0.15) is 10.1 Å². The van der Waals surface area contributed by atoms with Gasteiger partial charge in [0.25, 0.3) is 5.91 Å². The number of aromatic nitrogens is 3. The van der Waals surface area contributed by atoms with E-state index in [1.807, 2.05) is 6.92 Å². The molecule has 0 unspecified atom stereocenters. The number of carbonyl (C=O) groups excluding carboxylic acids is 2. The zero-order chi connectivity index (χ0) is 15.7. The van der Waals surface area contributed by atoms with E-state index in [1.54, 1.807) is 6.07 Å². The van der Waals surface area contributed by atoms with Gasteiger partial charge >= 0.3 is 0 Å². The predicted octanol–water partition coefficient (Wildman–Crippen LogP) is 1.50. The topological polar surface area (TPSA) is 88.9 Å². The van der Waals surface area contributed by atoms with Gasteiger partial charge in [0, 0.05) is 6.42 Å². The lowest BCUT2D eigenvalue weighted by atomic mass is 10.2. The number of benzene rings is 1. The Kier molecular flexibility index (Phi) is 3.58. The Bertz CT molecular complexity index is 743. The van der Waals surface area contributed by atoms with Gasteiger partial charge in [0.05, 0.1) is 12.1 Å². The van der Waals surface area contributed by atoms with Crippen molar-refractivity contribution in [1.29, 1.82) is 0 Å². The highest BCUT2D eigenvalue weighted by molar-refractivity contribution is 6.00. The van der Waals surface area contributed by atoms with Crippen molar-refractivity contribution in [1.82, 2.24) is 14.8 Å². The van der Waals surface area contributed by atoms with E-state index in [4.69, 9.17) is 0 Å². The van der Waals surface area contributed by atoms with Gasteiger partial charge in [0.15, 0.2) is 5.82 Å². The fraction of sp³-hybridized carbons (Fsp3) is 0.286. The molecule has 0 bridgehead atoms. The number of aryl methyl sites for hydroxylation is 1. The fourth-order valence-electron chi connectivity index (χ4n) is 2.24. The second-order valence-corrected chi connectivity index (χ2v) is 4.89. The largest absolute Gasteiger partial charge is 0.324 e. The molecule has 0 fully saturated rings. The standard InChI is InChI=1S/C14H14FN5O2/c1-2-11-17-14-18-13(22)10(20(14)19-11)7-12(21)16-9-6-4-3-5-8(9)15/h3-6,10H,2,7H2,1H3,(H,16,21)(H,17,18,19,22)/t10-/m1/s1.